The maximum Gasteiger partial charge on any atom is 0.343 e. The zero-order valence-corrected chi connectivity index (χ0v) is 13.0. The minimum atomic E-state index is -1.25. The molecule has 110 valence electrons. The number of hydrogen-bond acceptors (Lipinski definition) is 4. The Morgan fingerprint density at radius 2 is 2.20 bits per heavy atom. The van der Waals surface area contributed by atoms with Gasteiger partial charge in [0.2, 0.25) is 0 Å². The third-order valence-electron chi connectivity index (χ3n) is 3.21. The molecule has 0 saturated carbocycles. The van der Waals surface area contributed by atoms with E-state index in [1.807, 2.05) is 6.92 Å². The lowest BCUT2D eigenvalue weighted by molar-refractivity contribution is -0.174. The minimum Gasteiger partial charge on any atom is -0.464 e. The Labute approximate surface area is 125 Å². The number of esters is 1. The Bertz CT molecular complexity index is 528. The third-order valence-corrected chi connectivity index (χ3v) is 3.63. The first-order valence-corrected chi connectivity index (χ1v) is 7.32. The summed E-state index contributed by atoms with van der Waals surface area (Å²) in [6.45, 7) is 4.50. The Kier molecular flexibility index (Phi) is 4.49. The number of ether oxygens (including phenoxy) is 2. The Morgan fingerprint density at radius 3 is 2.85 bits per heavy atom. The van der Waals surface area contributed by atoms with Crippen LogP contribution in [0.25, 0.3) is 0 Å². The van der Waals surface area contributed by atoms with Crippen molar-refractivity contribution >= 4 is 27.8 Å². The quantitative estimate of drug-likeness (QED) is 0.814. The summed E-state index contributed by atoms with van der Waals surface area (Å²) in [6, 6.07) is 1.70. The highest BCUT2D eigenvalue weighted by atomic mass is 79.9. The van der Waals surface area contributed by atoms with E-state index in [1.54, 1.807) is 13.0 Å². The van der Waals surface area contributed by atoms with Crippen LogP contribution < -0.4 is 5.32 Å². The molecule has 2 heterocycles. The zero-order valence-electron chi connectivity index (χ0n) is 11.4. The highest BCUT2D eigenvalue weighted by Crippen LogP contribution is 2.36. The van der Waals surface area contributed by atoms with Crippen LogP contribution >= 0.6 is 15.9 Å². The van der Waals surface area contributed by atoms with Gasteiger partial charge in [0.15, 0.2) is 5.60 Å². The second-order valence-corrected chi connectivity index (χ2v) is 5.25. The fraction of sp³-hybridized carbons (Fsp3) is 0.538. The summed E-state index contributed by atoms with van der Waals surface area (Å²) >= 11 is 3.29. The number of carbonyl (C=O) groups is 2. The number of aromatic amines is 1. The van der Waals surface area contributed by atoms with Crippen molar-refractivity contribution in [2.75, 3.05) is 19.8 Å². The predicted molar refractivity (Wildman–Crippen MR) is 75.4 cm³/mol. The molecular weight excluding hydrogens is 328 g/mol. The Morgan fingerprint density at radius 1 is 1.45 bits per heavy atom. The largest absolute Gasteiger partial charge is 0.464 e. The molecule has 7 heteroatoms. The van der Waals surface area contributed by atoms with Gasteiger partial charge in [-0.05, 0) is 35.8 Å². The van der Waals surface area contributed by atoms with Crippen molar-refractivity contribution in [3.8, 4) is 0 Å². The fourth-order valence-corrected chi connectivity index (χ4v) is 2.84. The standard InChI is InChI=1S/C13H17BrN2O4/c1-3-19-12(18)13(20-4-2)5-6-15-11(17)10-8(13)7-9(14)16-10/h7,16H,3-6H2,1-2H3,(H,15,17). The molecular formula is C13H17BrN2O4. The van der Waals surface area contributed by atoms with E-state index in [1.165, 1.54) is 0 Å². The number of amides is 1. The van der Waals surface area contributed by atoms with Crippen molar-refractivity contribution in [3.05, 3.63) is 21.9 Å². The highest BCUT2D eigenvalue weighted by Gasteiger charge is 2.47. The predicted octanol–water partition coefficient (Wildman–Crippen LogP) is 1.71. The molecule has 2 N–H and O–H groups in total. The van der Waals surface area contributed by atoms with Crippen LogP contribution in [-0.2, 0) is 19.9 Å². The van der Waals surface area contributed by atoms with Gasteiger partial charge in [-0.15, -0.1) is 0 Å². The van der Waals surface area contributed by atoms with Crippen LogP contribution in [0.1, 0.15) is 36.3 Å². The number of fused-ring (bicyclic) bond motifs is 1. The van der Waals surface area contributed by atoms with Crippen molar-refractivity contribution in [2.45, 2.75) is 25.9 Å². The summed E-state index contributed by atoms with van der Waals surface area (Å²) in [4.78, 5) is 27.4. The second-order valence-electron chi connectivity index (χ2n) is 4.39. The van der Waals surface area contributed by atoms with Gasteiger partial charge < -0.3 is 19.8 Å². The monoisotopic (exact) mass is 344 g/mol. The minimum absolute atomic E-state index is 0.253. The third kappa shape index (κ3) is 2.47. The molecule has 1 amide bonds. The molecule has 1 unspecified atom stereocenters. The molecule has 0 aromatic carbocycles. The van der Waals surface area contributed by atoms with E-state index in [9.17, 15) is 9.59 Å². The lowest BCUT2D eigenvalue weighted by Gasteiger charge is -2.29. The van der Waals surface area contributed by atoms with Gasteiger partial charge >= 0.3 is 5.97 Å². The highest BCUT2D eigenvalue weighted by molar-refractivity contribution is 9.10. The van der Waals surface area contributed by atoms with Crippen molar-refractivity contribution in [2.24, 2.45) is 0 Å². The molecule has 2 rings (SSSR count). The van der Waals surface area contributed by atoms with Crippen LogP contribution in [0.3, 0.4) is 0 Å². The van der Waals surface area contributed by atoms with Gasteiger partial charge in [0.05, 0.1) is 11.2 Å². The van der Waals surface area contributed by atoms with Crippen LogP contribution in [0.4, 0.5) is 0 Å². The maximum absolute atomic E-state index is 12.4. The Balaban J connectivity index is 2.56. The topological polar surface area (TPSA) is 80.4 Å². The first-order valence-electron chi connectivity index (χ1n) is 6.53. The molecule has 1 aliphatic heterocycles. The molecule has 1 atom stereocenters. The van der Waals surface area contributed by atoms with Crippen molar-refractivity contribution < 1.29 is 19.1 Å². The molecule has 0 aliphatic carbocycles. The molecule has 6 nitrogen and oxygen atoms in total. The number of H-pyrrole nitrogens is 1. The number of aromatic nitrogens is 1. The van der Waals surface area contributed by atoms with Crippen LogP contribution in [0.5, 0.6) is 0 Å². The molecule has 0 radical (unpaired) electrons. The van der Waals surface area contributed by atoms with Crippen LogP contribution in [-0.4, -0.2) is 36.6 Å². The van der Waals surface area contributed by atoms with Crippen LogP contribution in [0, 0.1) is 0 Å². The van der Waals surface area contributed by atoms with E-state index in [-0.39, 0.29) is 12.5 Å². The number of nitrogens with one attached hydrogen (secondary N) is 2. The first kappa shape index (κ1) is 15.1. The molecule has 0 bridgehead atoms. The normalized spacial score (nSPS) is 21.9. The van der Waals surface area contributed by atoms with Gasteiger partial charge in [-0.2, -0.15) is 0 Å². The molecule has 1 aromatic rings. The van der Waals surface area contributed by atoms with E-state index >= 15 is 0 Å². The fourth-order valence-electron chi connectivity index (χ4n) is 2.41. The number of halogens is 1. The average Bonchev–Trinajstić information content (AvgIpc) is 2.75. The van der Waals surface area contributed by atoms with E-state index in [0.29, 0.717) is 35.4 Å². The van der Waals surface area contributed by atoms with Gasteiger partial charge in [0.1, 0.15) is 5.69 Å². The van der Waals surface area contributed by atoms with Gasteiger partial charge in [-0.25, -0.2) is 4.79 Å². The average molecular weight is 345 g/mol. The smallest absolute Gasteiger partial charge is 0.343 e. The van der Waals surface area contributed by atoms with Crippen molar-refractivity contribution in [1.29, 1.82) is 0 Å². The van der Waals surface area contributed by atoms with E-state index in [0.717, 1.165) is 0 Å². The molecule has 0 fully saturated rings. The number of carbonyl (C=O) groups excluding carboxylic acids is 2. The summed E-state index contributed by atoms with van der Waals surface area (Å²) in [5.74, 6) is -0.720. The summed E-state index contributed by atoms with van der Waals surface area (Å²) in [7, 11) is 0. The molecule has 1 aromatic heterocycles. The van der Waals surface area contributed by atoms with Gasteiger partial charge in [-0.1, -0.05) is 0 Å². The summed E-state index contributed by atoms with van der Waals surface area (Å²) in [5, 5.41) is 2.75. The van der Waals surface area contributed by atoms with E-state index < -0.39 is 11.6 Å². The molecule has 1 aliphatic rings. The number of hydrogen-bond donors (Lipinski definition) is 2. The van der Waals surface area contributed by atoms with Crippen LogP contribution in [0.2, 0.25) is 0 Å². The van der Waals surface area contributed by atoms with Crippen molar-refractivity contribution in [3.63, 3.8) is 0 Å². The lowest BCUT2D eigenvalue weighted by atomic mass is 9.90. The SMILES string of the molecule is CCOC(=O)C1(OCC)CCNC(=O)c2[nH]c(Br)cc21. The second kappa shape index (κ2) is 5.97. The van der Waals surface area contributed by atoms with Gasteiger partial charge in [-0.3, -0.25) is 4.79 Å². The molecule has 20 heavy (non-hydrogen) atoms. The zero-order chi connectivity index (χ0) is 14.8. The summed E-state index contributed by atoms with van der Waals surface area (Å²) in [5.41, 5.74) is -0.405. The summed E-state index contributed by atoms with van der Waals surface area (Å²) in [6.07, 6.45) is 0.336. The first-order chi connectivity index (χ1) is 9.55. The maximum atomic E-state index is 12.4. The van der Waals surface area contributed by atoms with Crippen molar-refractivity contribution in [1.82, 2.24) is 10.3 Å². The van der Waals surface area contributed by atoms with Gasteiger partial charge in [0.25, 0.3) is 5.91 Å². The van der Waals surface area contributed by atoms with E-state index in [4.69, 9.17) is 9.47 Å². The van der Waals surface area contributed by atoms with Gasteiger partial charge in [0, 0.05) is 25.1 Å². The number of rotatable bonds is 4. The molecule has 0 spiro atoms. The van der Waals surface area contributed by atoms with Crippen LogP contribution in [0.15, 0.2) is 10.7 Å². The van der Waals surface area contributed by atoms with E-state index in [2.05, 4.69) is 26.2 Å². The molecule has 0 saturated heterocycles. The lowest BCUT2D eigenvalue weighted by Crippen LogP contribution is -2.41. The summed E-state index contributed by atoms with van der Waals surface area (Å²) < 4.78 is 11.5. The Hall–Kier alpha value is -1.34.